The van der Waals surface area contributed by atoms with Gasteiger partial charge in [0.1, 0.15) is 17.8 Å². The van der Waals surface area contributed by atoms with Crippen LogP contribution in [0, 0.1) is 0 Å². The van der Waals surface area contributed by atoms with Gasteiger partial charge in [-0.15, -0.1) is 0 Å². The van der Waals surface area contributed by atoms with Crippen molar-refractivity contribution in [2.45, 2.75) is 25.8 Å². The van der Waals surface area contributed by atoms with E-state index < -0.39 is 0 Å². The lowest BCUT2D eigenvalue weighted by molar-refractivity contribution is 0.0930. The molecule has 0 saturated carbocycles. The number of hydrogen-bond acceptors (Lipinski definition) is 7. The van der Waals surface area contributed by atoms with E-state index in [0.29, 0.717) is 44.4 Å². The van der Waals surface area contributed by atoms with E-state index in [1.54, 1.807) is 25.0 Å². The highest BCUT2D eigenvalue weighted by Crippen LogP contribution is 2.16. The van der Waals surface area contributed by atoms with Crippen molar-refractivity contribution in [3.05, 3.63) is 18.1 Å². The van der Waals surface area contributed by atoms with Crippen molar-refractivity contribution in [2.24, 2.45) is 0 Å². The molecule has 0 radical (unpaired) electrons. The van der Waals surface area contributed by atoms with E-state index >= 15 is 0 Å². The molecule has 0 unspecified atom stereocenters. The van der Waals surface area contributed by atoms with Gasteiger partial charge in [-0.1, -0.05) is 0 Å². The Bertz CT molecular complexity index is 575. The third-order valence-electron chi connectivity index (χ3n) is 3.86. The number of nitrogens with one attached hydrogen (secondary N) is 2. The first kappa shape index (κ1) is 18.9. The van der Waals surface area contributed by atoms with Crippen molar-refractivity contribution >= 4 is 17.8 Å². The summed E-state index contributed by atoms with van der Waals surface area (Å²) >= 11 is 0. The quantitative estimate of drug-likeness (QED) is 0.703. The molecule has 2 heterocycles. The van der Waals surface area contributed by atoms with E-state index in [1.165, 1.54) is 6.33 Å². The molecule has 0 atom stereocenters. The van der Waals surface area contributed by atoms with Crippen molar-refractivity contribution in [3.8, 4) is 0 Å². The van der Waals surface area contributed by atoms with Crippen LogP contribution < -0.4 is 10.6 Å². The van der Waals surface area contributed by atoms with Crippen LogP contribution in [-0.4, -0.2) is 72.9 Å². The molecular formula is C16H25N5O4. The number of likely N-dealkylation sites (tertiary alicyclic amines) is 1. The lowest BCUT2D eigenvalue weighted by Gasteiger charge is -2.31. The van der Waals surface area contributed by atoms with E-state index in [9.17, 15) is 9.59 Å². The summed E-state index contributed by atoms with van der Waals surface area (Å²) in [4.78, 5) is 33.6. The molecule has 1 fully saturated rings. The molecule has 1 aromatic rings. The van der Waals surface area contributed by atoms with Crippen molar-refractivity contribution in [1.82, 2.24) is 20.2 Å². The van der Waals surface area contributed by atoms with E-state index in [1.807, 2.05) is 0 Å². The second kappa shape index (κ2) is 9.77. The maximum atomic E-state index is 12.0. The number of methoxy groups -OCH3 is 1. The van der Waals surface area contributed by atoms with Gasteiger partial charge in [-0.05, 0) is 19.8 Å². The average Bonchev–Trinajstić information content (AvgIpc) is 2.63. The van der Waals surface area contributed by atoms with Gasteiger partial charge in [0, 0.05) is 38.9 Å². The Balaban J connectivity index is 1.84. The Labute approximate surface area is 147 Å². The maximum absolute atomic E-state index is 12.0. The first-order valence-electron chi connectivity index (χ1n) is 8.41. The number of nitrogens with zero attached hydrogens (tertiary/aromatic N) is 3. The number of rotatable bonds is 7. The van der Waals surface area contributed by atoms with Gasteiger partial charge in [-0.3, -0.25) is 4.79 Å². The molecule has 2 rings (SSSR count). The average molecular weight is 351 g/mol. The lowest BCUT2D eigenvalue weighted by Crippen LogP contribution is -2.42. The highest BCUT2D eigenvalue weighted by Gasteiger charge is 2.23. The summed E-state index contributed by atoms with van der Waals surface area (Å²) < 4.78 is 9.91. The molecule has 1 aliphatic rings. The minimum atomic E-state index is -0.266. The number of piperidine rings is 1. The minimum Gasteiger partial charge on any atom is -0.450 e. The zero-order valence-electron chi connectivity index (χ0n) is 14.7. The van der Waals surface area contributed by atoms with Crippen molar-refractivity contribution in [2.75, 3.05) is 45.3 Å². The van der Waals surface area contributed by atoms with E-state index in [0.717, 1.165) is 12.8 Å². The predicted molar refractivity (Wildman–Crippen MR) is 91.5 cm³/mol. The van der Waals surface area contributed by atoms with Gasteiger partial charge < -0.3 is 25.0 Å². The smallest absolute Gasteiger partial charge is 0.409 e. The second-order valence-electron chi connectivity index (χ2n) is 5.64. The highest BCUT2D eigenvalue weighted by molar-refractivity contribution is 5.92. The molecule has 1 saturated heterocycles. The molecular weight excluding hydrogens is 326 g/mol. The predicted octanol–water partition coefficient (Wildman–Crippen LogP) is 0.886. The van der Waals surface area contributed by atoms with Gasteiger partial charge in [0.25, 0.3) is 5.91 Å². The summed E-state index contributed by atoms with van der Waals surface area (Å²) in [5.41, 5.74) is 0.303. The largest absolute Gasteiger partial charge is 0.450 e. The topological polar surface area (TPSA) is 106 Å². The van der Waals surface area contributed by atoms with Crippen LogP contribution >= 0.6 is 0 Å². The summed E-state index contributed by atoms with van der Waals surface area (Å²) in [6.07, 6.45) is 2.68. The minimum absolute atomic E-state index is 0.185. The van der Waals surface area contributed by atoms with Gasteiger partial charge >= 0.3 is 6.09 Å². The molecule has 1 aromatic heterocycles. The number of hydrogen-bond donors (Lipinski definition) is 2. The number of anilines is 1. The number of ether oxygens (including phenoxy) is 2. The Morgan fingerprint density at radius 2 is 2.08 bits per heavy atom. The molecule has 0 bridgehead atoms. The molecule has 25 heavy (non-hydrogen) atoms. The first-order valence-corrected chi connectivity index (χ1v) is 8.41. The van der Waals surface area contributed by atoms with Gasteiger partial charge in [-0.2, -0.15) is 0 Å². The fraction of sp³-hybridized carbons (Fsp3) is 0.625. The molecule has 0 aromatic carbocycles. The number of carbonyl (C=O) groups excluding carboxylic acids is 2. The van der Waals surface area contributed by atoms with Crippen LogP contribution in [0.4, 0.5) is 10.6 Å². The summed E-state index contributed by atoms with van der Waals surface area (Å²) in [6, 6.07) is 1.81. The van der Waals surface area contributed by atoms with Gasteiger partial charge in [0.2, 0.25) is 0 Å². The molecule has 138 valence electrons. The maximum Gasteiger partial charge on any atom is 0.409 e. The number of amides is 2. The molecule has 9 heteroatoms. The Morgan fingerprint density at radius 1 is 1.32 bits per heavy atom. The molecule has 1 aliphatic heterocycles. The highest BCUT2D eigenvalue weighted by atomic mass is 16.6. The zero-order chi connectivity index (χ0) is 18.1. The Hall–Kier alpha value is -2.42. The molecule has 2 amide bonds. The van der Waals surface area contributed by atoms with Gasteiger partial charge in [-0.25, -0.2) is 14.8 Å². The van der Waals surface area contributed by atoms with Crippen LogP contribution in [0.5, 0.6) is 0 Å². The monoisotopic (exact) mass is 351 g/mol. The van der Waals surface area contributed by atoms with Crippen LogP contribution in [0.2, 0.25) is 0 Å². The van der Waals surface area contributed by atoms with Crippen molar-refractivity contribution in [3.63, 3.8) is 0 Å². The fourth-order valence-electron chi connectivity index (χ4n) is 2.55. The molecule has 0 spiro atoms. The number of carbonyl (C=O) groups is 2. The van der Waals surface area contributed by atoms with Crippen molar-refractivity contribution < 1.29 is 19.1 Å². The standard InChI is InChI=1S/C16H25N5O4/c1-3-25-16(23)21-7-4-12(5-8-21)20-14-10-13(18-11-19-14)15(22)17-6-9-24-2/h10-12H,3-9H2,1-2H3,(H,17,22)(H,18,19,20). The molecule has 2 N–H and O–H groups in total. The summed E-state index contributed by atoms with van der Waals surface area (Å²) in [5.74, 6) is 0.334. The van der Waals surface area contributed by atoms with Crippen LogP contribution in [0.1, 0.15) is 30.3 Å². The van der Waals surface area contributed by atoms with E-state index in [4.69, 9.17) is 9.47 Å². The third kappa shape index (κ3) is 5.86. The second-order valence-corrected chi connectivity index (χ2v) is 5.64. The van der Waals surface area contributed by atoms with E-state index in [2.05, 4.69) is 20.6 Å². The van der Waals surface area contributed by atoms with Gasteiger partial charge in [0.15, 0.2) is 0 Å². The Morgan fingerprint density at radius 3 is 2.76 bits per heavy atom. The normalized spacial score (nSPS) is 14.9. The summed E-state index contributed by atoms with van der Waals surface area (Å²) in [6.45, 7) is 4.31. The van der Waals surface area contributed by atoms with E-state index in [-0.39, 0.29) is 18.0 Å². The van der Waals surface area contributed by atoms with Crippen LogP contribution in [0.15, 0.2) is 12.4 Å². The molecule has 9 nitrogen and oxygen atoms in total. The van der Waals surface area contributed by atoms with Crippen LogP contribution in [-0.2, 0) is 9.47 Å². The van der Waals surface area contributed by atoms with Gasteiger partial charge in [0.05, 0.1) is 13.2 Å². The summed E-state index contributed by atoms with van der Waals surface area (Å²) in [5, 5.41) is 6.02. The van der Waals surface area contributed by atoms with Crippen LogP contribution in [0.3, 0.4) is 0 Å². The Kier molecular flexibility index (Phi) is 7.39. The fourth-order valence-corrected chi connectivity index (χ4v) is 2.55. The van der Waals surface area contributed by atoms with Crippen LogP contribution in [0.25, 0.3) is 0 Å². The SMILES string of the molecule is CCOC(=O)N1CCC(Nc2cc(C(=O)NCCOC)ncn2)CC1. The first-order chi connectivity index (χ1) is 12.1. The lowest BCUT2D eigenvalue weighted by atomic mass is 10.1. The summed E-state index contributed by atoms with van der Waals surface area (Å²) in [7, 11) is 1.58. The third-order valence-corrected chi connectivity index (χ3v) is 3.86. The molecule has 0 aliphatic carbocycles. The van der Waals surface area contributed by atoms with Crippen molar-refractivity contribution in [1.29, 1.82) is 0 Å². The number of aromatic nitrogens is 2. The zero-order valence-corrected chi connectivity index (χ0v) is 14.7.